The molecule has 0 spiro atoms. The van der Waals surface area contributed by atoms with Crippen LogP contribution in [0.15, 0.2) is 53.4 Å². The van der Waals surface area contributed by atoms with E-state index in [-0.39, 0.29) is 15.9 Å². The minimum absolute atomic E-state index is 0.131. The number of thioether (sulfide) groups is 1. The number of ether oxygens (including phenoxy) is 1. The maximum atomic E-state index is 10.8. The number of hydrogen-bond acceptors (Lipinski definition) is 4. The molecule has 2 rings (SSSR count). The van der Waals surface area contributed by atoms with E-state index in [1.807, 2.05) is 44.2 Å². The van der Waals surface area contributed by atoms with E-state index < -0.39 is 0 Å². The molecule has 0 N–H and O–H groups in total. The van der Waals surface area contributed by atoms with Crippen molar-refractivity contribution in [3.63, 3.8) is 0 Å². The zero-order valence-electron chi connectivity index (χ0n) is 12.0. The van der Waals surface area contributed by atoms with Crippen LogP contribution < -0.4 is 4.74 Å². The lowest BCUT2D eigenvalue weighted by molar-refractivity contribution is -0.384. The third-order valence-electron chi connectivity index (χ3n) is 3.00. The van der Waals surface area contributed by atoms with Gasteiger partial charge < -0.3 is 4.74 Å². The minimum atomic E-state index is -0.363. The topological polar surface area (TPSA) is 52.4 Å². The summed E-state index contributed by atoms with van der Waals surface area (Å²) in [6, 6.07) is 14.7. The van der Waals surface area contributed by atoms with Gasteiger partial charge in [0.05, 0.1) is 11.5 Å². The molecule has 2 aromatic rings. The molecule has 0 fully saturated rings. The van der Waals surface area contributed by atoms with Crippen molar-refractivity contribution in [3.05, 3.63) is 64.2 Å². The minimum Gasteiger partial charge on any atom is -0.494 e. The molecule has 0 saturated carbocycles. The van der Waals surface area contributed by atoms with Gasteiger partial charge in [0.25, 0.3) is 5.69 Å². The zero-order chi connectivity index (χ0) is 15.2. The van der Waals surface area contributed by atoms with E-state index in [1.165, 1.54) is 6.07 Å². The van der Waals surface area contributed by atoms with Crippen LogP contribution in [0.3, 0.4) is 0 Å². The van der Waals surface area contributed by atoms with Crippen LogP contribution in [0.5, 0.6) is 5.75 Å². The van der Waals surface area contributed by atoms with Crippen LogP contribution in [0.4, 0.5) is 5.69 Å². The van der Waals surface area contributed by atoms with Gasteiger partial charge in [0.1, 0.15) is 5.75 Å². The van der Waals surface area contributed by atoms with E-state index in [1.54, 1.807) is 23.9 Å². The first-order valence-corrected chi connectivity index (χ1v) is 7.62. The monoisotopic (exact) mass is 303 g/mol. The Labute approximate surface area is 128 Å². The van der Waals surface area contributed by atoms with E-state index in [0.29, 0.717) is 6.61 Å². The Morgan fingerprint density at radius 3 is 2.57 bits per heavy atom. The SMILES string of the molecule is CCOc1ccc(SC(C)c2cccc([N+](=O)[O-])c2)cc1. The second-order valence-electron chi connectivity index (χ2n) is 4.52. The van der Waals surface area contributed by atoms with Gasteiger partial charge in [-0.15, -0.1) is 11.8 Å². The summed E-state index contributed by atoms with van der Waals surface area (Å²) in [5, 5.41) is 11.0. The summed E-state index contributed by atoms with van der Waals surface area (Å²) in [6.45, 7) is 4.64. The highest BCUT2D eigenvalue weighted by Crippen LogP contribution is 2.36. The molecule has 0 heterocycles. The molecule has 0 radical (unpaired) electrons. The van der Waals surface area contributed by atoms with Crippen LogP contribution in [0.1, 0.15) is 24.7 Å². The van der Waals surface area contributed by atoms with Crippen molar-refractivity contribution in [1.29, 1.82) is 0 Å². The second-order valence-corrected chi connectivity index (χ2v) is 5.93. The third kappa shape index (κ3) is 4.23. The molecule has 5 heteroatoms. The molecule has 0 bridgehead atoms. The van der Waals surface area contributed by atoms with E-state index in [9.17, 15) is 10.1 Å². The molecular formula is C16H17NO3S. The number of rotatable bonds is 6. The Bertz CT molecular complexity index is 613. The zero-order valence-corrected chi connectivity index (χ0v) is 12.8. The second kappa shape index (κ2) is 7.13. The fourth-order valence-electron chi connectivity index (χ4n) is 1.94. The van der Waals surface area contributed by atoms with E-state index >= 15 is 0 Å². The normalized spacial score (nSPS) is 11.9. The van der Waals surface area contributed by atoms with Crippen molar-refractivity contribution in [2.45, 2.75) is 24.0 Å². The molecule has 110 valence electrons. The van der Waals surface area contributed by atoms with Crippen molar-refractivity contribution >= 4 is 17.4 Å². The summed E-state index contributed by atoms with van der Waals surface area (Å²) < 4.78 is 5.41. The molecule has 2 aromatic carbocycles. The average molecular weight is 303 g/mol. The Hall–Kier alpha value is -2.01. The largest absolute Gasteiger partial charge is 0.494 e. The van der Waals surface area contributed by atoms with Crippen LogP contribution in [0.2, 0.25) is 0 Å². The van der Waals surface area contributed by atoms with Gasteiger partial charge in [0.2, 0.25) is 0 Å². The first-order valence-electron chi connectivity index (χ1n) is 6.74. The number of hydrogen-bond donors (Lipinski definition) is 0. The number of nitro benzene ring substituents is 1. The highest BCUT2D eigenvalue weighted by Gasteiger charge is 2.12. The molecule has 0 aliphatic rings. The Kier molecular flexibility index (Phi) is 5.22. The van der Waals surface area contributed by atoms with Crippen molar-refractivity contribution in [3.8, 4) is 5.75 Å². The van der Waals surface area contributed by atoms with E-state index in [0.717, 1.165) is 16.2 Å². The van der Waals surface area contributed by atoms with Crippen LogP contribution in [-0.2, 0) is 0 Å². The lowest BCUT2D eigenvalue weighted by Crippen LogP contribution is -1.93. The summed E-state index contributed by atoms with van der Waals surface area (Å²) >= 11 is 1.67. The fraction of sp³-hybridized carbons (Fsp3) is 0.250. The number of nitrogens with zero attached hydrogens (tertiary/aromatic N) is 1. The van der Waals surface area contributed by atoms with E-state index in [4.69, 9.17) is 4.74 Å². The quantitative estimate of drug-likeness (QED) is 0.435. The van der Waals surface area contributed by atoms with Gasteiger partial charge in [-0.25, -0.2) is 0 Å². The molecule has 4 nitrogen and oxygen atoms in total. The lowest BCUT2D eigenvalue weighted by Gasteiger charge is -2.12. The number of benzene rings is 2. The molecular weight excluding hydrogens is 286 g/mol. The molecule has 1 unspecified atom stereocenters. The maximum Gasteiger partial charge on any atom is 0.269 e. The van der Waals surface area contributed by atoms with Gasteiger partial charge in [-0.2, -0.15) is 0 Å². The molecule has 0 aliphatic carbocycles. The predicted octanol–water partition coefficient (Wildman–Crippen LogP) is 4.85. The molecule has 0 amide bonds. The number of nitro groups is 1. The van der Waals surface area contributed by atoms with Gasteiger partial charge in [0, 0.05) is 22.3 Å². The van der Waals surface area contributed by atoms with E-state index in [2.05, 4.69) is 0 Å². The van der Waals surface area contributed by atoms with Gasteiger partial charge in [0.15, 0.2) is 0 Å². The van der Waals surface area contributed by atoms with Crippen LogP contribution >= 0.6 is 11.8 Å². The summed E-state index contributed by atoms with van der Waals surface area (Å²) in [5.41, 5.74) is 1.08. The smallest absolute Gasteiger partial charge is 0.269 e. The summed E-state index contributed by atoms with van der Waals surface area (Å²) in [4.78, 5) is 11.6. The molecule has 1 atom stereocenters. The molecule has 0 aromatic heterocycles. The molecule has 0 aliphatic heterocycles. The number of non-ortho nitro benzene ring substituents is 1. The van der Waals surface area contributed by atoms with Crippen LogP contribution in [0.25, 0.3) is 0 Å². The average Bonchev–Trinajstić information content (AvgIpc) is 2.49. The van der Waals surface area contributed by atoms with Gasteiger partial charge >= 0.3 is 0 Å². The van der Waals surface area contributed by atoms with Crippen molar-refractivity contribution < 1.29 is 9.66 Å². The van der Waals surface area contributed by atoms with Crippen molar-refractivity contribution in [2.75, 3.05) is 6.61 Å². The first-order chi connectivity index (χ1) is 10.1. The summed E-state index contributed by atoms with van der Waals surface area (Å²) in [5.74, 6) is 0.852. The standard InChI is InChI=1S/C16H17NO3S/c1-3-20-15-7-9-16(10-8-15)21-12(2)13-5-4-6-14(11-13)17(18)19/h4-12H,3H2,1-2H3. The lowest BCUT2D eigenvalue weighted by atomic mass is 10.1. The Balaban J connectivity index is 2.08. The van der Waals surface area contributed by atoms with Crippen molar-refractivity contribution in [2.24, 2.45) is 0 Å². The van der Waals surface area contributed by atoms with Gasteiger partial charge in [-0.1, -0.05) is 12.1 Å². The van der Waals surface area contributed by atoms with Crippen LogP contribution in [-0.4, -0.2) is 11.5 Å². The first kappa shape index (κ1) is 15.4. The Morgan fingerprint density at radius 2 is 1.95 bits per heavy atom. The summed E-state index contributed by atoms with van der Waals surface area (Å²) in [6.07, 6.45) is 0. The maximum absolute atomic E-state index is 10.8. The third-order valence-corrected chi connectivity index (χ3v) is 4.17. The fourth-order valence-corrected chi connectivity index (χ4v) is 2.93. The molecule has 21 heavy (non-hydrogen) atoms. The predicted molar refractivity (Wildman–Crippen MR) is 85.0 cm³/mol. The highest BCUT2D eigenvalue weighted by molar-refractivity contribution is 7.99. The molecule has 0 saturated heterocycles. The highest BCUT2D eigenvalue weighted by atomic mass is 32.2. The summed E-state index contributed by atoms with van der Waals surface area (Å²) in [7, 11) is 0. The van der Waals surface area contributed by atoms with Crippen molar-refractivity contribution in [1.82, 2.24) is 0 Å². The van der Waals surface area contributed by atoms with Gasteiger partial charge in [-0.05, 0) is 43.7 Å². The Morgan fingerprint density at radius 1 is 1.24 bits per heavy atom. The van der Waals surface area contributed by atoms with Crippen LogP contribution in [0, 0.1) is 10.1 Å². The van der Waals surface area contributed by atoms with Gasteiger partial charge in [-0.3, -0.25) is 10.1 Å².